The quantitative estimate of drug-likeness (QED) is 0.586. The van der Waals surface area contributed by atoms with Crippen molar-refractivity contribution in [2.24, 2.45) is 0 Å². The summed E-state index contributed by atoms with van der Waals surface area (Å²) in [6, 6.07) is 11.6. The van der Waals surface area contributed by atoms with Gasteiger partial charge in [-0.3, -0.25) is 14.5 Å². The van der Waals surface area contributed by atoms with Crippen LogP contribution in [0.4, 0.5) is 18.9 Å². The molecule has 7 nitrogen and oxygen atoms in total. The average molecular weight is 480 g/mol. The molecule has 33 heavy (non-hydrogen) atoms. The Balaban J connectivity index is 1.28. The van der Waals surface area contributed by atoms with E-state index < -0.39 is 12.0 Å². The summed E-state index contributed by atoms with van der Waals surface area (Å²) in [5.41, 5.74) is 1.50. The lowest BCUT2D eigenvalue weighted by Gasteiger charge is -2.34. The van der Waals surface area contributed by atoms with Gasteiger partial charge in [-0.2, -0.15) is 13.2 Å². The first-order valence-electron chi connectivity index (χ1n) is 10.3. The molecule has 3 aromatic rings. The zero-order valence-corrected chi connectivity index (χ0v) is 18.2. The van der Waals surface area contributed by atoms with Gasteiger partial charge in [0.15, 0.2) is 0 Å². The molecule has 0 aliphatic carbocycles. The molecule has 1 aromatic heterocycles. The first-order valence-corrected chi connectivity index (χ1v) is 10.7. The molecule has 11 heteroatoms. The second-order valence-corrected chi connectivity index (χ2v) is 8.20. The molecule has 0 spiro atoms. The lowest BCUT2D eigenvalue weighted by Crippen LogP contribution is -2.50. The molecule has 4 rings (SSSR count). The maximum Gasteiger partial charge on any atom is 0.449 e. The second kappa shape index (κ2) is 9.40. The molecule has 1 saturated heterocycles. The molecule has 0 radical (unpaired) electrons. The van der Waals surface area contributed by atoms with Crippen molar-refractivity contribution in [3.05, 3.63) is 58.9 Å². The number of halogens is 4. The van der Waals surface area contributed by atoms with Crippen LogP contribution in [0.5, 0.6) is 0 Å². The fourth-order valence-corrected chi connectivity index (χ4v) is 3.90. The van der Waals surface area contributed by atoms with E-state index in [-0.39, 0.29) is 35.8 Å². The Labute approximate surface area is 192 Å². The number of imidazole rings is 1. The molecule has 2 heterocycles. The number of alkyl halides is 3. The number of hydrogen-bond donors (Lipinski definition) is 2. The molecule has 2 amide bonds. The van der Waals surface area contributed by atoms with Crippen molar-refractivity contribution >= 4 is 40.1 Å². The Morgan fingerprint density at radius 2 is 1.82 bits per heavy atom. The van der Waals surface area contributed by atoms with E-state index in [2.05, 4.69) is 15.3 Å². The number of carbonyl (C=O) groups is 2. The molecule has 1 aliphatic heterocycles. The van der Waals surface area contributed by atoms with Crippen molar-refractivity contribution in [2.45, 2.75) is 12.6 Å². The summed E-state index contributed by atoms with van der Waals surface area (Å²) in [6.45, 7) is 2.18. The van der Waals surface area contributed by atoms with Crippen LogP contribution in [0, 0.1) is 0 Å². The van der Waals surface area contributed by atoms with Gasteiger partial charge in [0, 0.05) is 36.9 Å². The van der Waals surface area contributed by atoms with Crippen LogP contribution in [-0.2, 0) is 22.2 Å². The zero-order chi connectivity index (χ0) is 23.6. The summed E-state index contributed by atoms with van der Waals surface area (Å²) in [4.78, 5) is 34.4. The summed E-state index contributed by atoms with van der Waals surface area (Å²) in [5, 5.41) is 3.26. The second-order valence-electron chi connectivity index (χ2n) is 7.79. The van der Waals surface area contributed by atoms with Gasteiger partial charge < -0.3 is 15.2 Å². The molecular formula is C22H21ClF3N5O2. The topological polar surface area (TPSA) is 81.3 Å². The lowest BCUT2D eigenvalue weighted by molar-refractivity contribution is -0.144. The fourth-order valence-electron chi connectivity index (χ4n) is 3.70. The van der Waals surface area contributed by atoms with Crippen LogP contribution < -0.4 is 5.32 Å². The van der Waals surface area contributed by atoms with Crippen molar-refractivity contribution in [3.63, 3.8) is 0 Å². The number of amides is 2. The molecule has 0 unspecified atom stereocenters. The van der Waals surface area contributed by atoms with Crippen molar-refractivity contribution in [2.75, 3.05) is 38.0 Å². The first-order chi connectivity index (χ1) is 15.7. The van der Waals surface area contributed by atoms with E-state index in [1.165, 1.54) is 18.2 Å². The molecule has 0 bridgehead atoms. The average Bonchev–Trinajstić information content (AvgIpc) is 3.20. The van der Waals surface area contributed by atoms with Gasteiger partial charge in [0.2, 0.25) is 17.6 Å². The number of nitrogens with zero attached hydrogens (tertiary/aromatic N) is 3. The standard InChI is InChI=1S/C22H21ClF3N5O2/c23-16-4-2-1-3-14(16)11-20(33)31-9-7-30(8-10-31)13-19(32)27-15-5-6-17-18(12-15)29-21(28-17)22(24,25)26/h1-6,12H,7-11,13H2,(H,27,32)(H,28,29). The van der Waals surface area contributed by atoms with Crippen molar-refractivity contribution < 1.29 is 22.8 Å². The number of nitrogens with one attached hydrogen (secondary N) is 2. The summed E-state index contributed by atoms with van der Waals surface area (Å²) < 4.78 is 38.4. The highest BCUT2D eigenvalue weighted by molar-refractivity contribution is 6.31. The van der Waals surface area contributed by atoms with E-state index in [0.29, 0.717) is 36.9 Å². The van der Waals surface area contributed by atoms with Crippen LogP contribution in [0.25, 0.3) is 11.0 Å². The van der Waals surface area contributed by atoms with Crippen LogP contribution in [-0.4, -0.2) is 64.3 Å². The third-order valence-corrected chi connectivity index (χ3v) is 5.79. The number of anilines is 1. The molecule has 2 N–H and O–H groups in total. The highest BCUT2D eigenvalue weighted by Gasteiger charge is 2.34. The van der Waals surface area contributed by atoms with Gasteiger partial charge in [0.1, 0.15) is 0 Å². The van der Waals surface area contributed by atoms with Crippen molar-refractivity contribution in [1.29, 1.82) is 0 Å². The van der Waals surface area contributed by atoms with Gasteiger partial charge in [0.05, 0.1) is 24.0 Å². The van der Waals surface area contributed by atoms with Gasteiger partial charge >= 0.3 is 6.18 Å². The summed E-state index contributed by atoms with van der Waals surface area (Å²) in [5.74, 6) is -1.39. The first kappa shape index (κ1) is 23.1. The molecule has 1 aliphatic rings. The van der Waals surface area contributed by atoms with Gasteiger partial charge in [-0.25, -0.2) is 4.98 Å². The maximum atomic E-state index is 12.8. The van der Waals surface area contributed by atoms with E-state index in [1.54, 1.807) is 11.0 Å². The monoisotopic (exact) mass is 479 g/mol. The SMILES string of the molecule is O=C(CN1CCN(C(=O)Cc2ccccc2Cl)CC1)Nc1ccc2nc(C(F)(F)F)[nH]c2c1. The van der Waals surface area contributed by atoms with Gasteiger partial charge in [-0.05, 0) is 29.8 Å². The highest BCUT2D eigenvalue weighted by atomic mass is 35.5. The van der Waals surface area contributed by atoms with Gasteiger partial charge in [0.25, 0.3) is 0 Å². The number of aromatic amines is 1. The minimum Gasteiger partial charge on any atom is -0.340 e. The minimum atomic E-state index is -4.57. The maximum absolute atomic E-state index is 12.8. The fraction of sp³-hybridized carbons (Fsp3) is 0.318. The number of carbonyl (C=O) groups excluding carboxylic acids is 2. The molecule has 1 fully saturated rings. The number of rotatable bonds is 5. The Kier molecular flexibility index (Phi) is 6.57. The van der Waals surface area contributed by atoms with E-state index >= 15 is 0 Å². The van der Waals surface area contributed by atoms with Gasteiger partial charge in [-0.15, -0.1) is 0 Å². The Morgan fingerprint density at radius 3 is 2.52 bits per heavy atom. The van der Waals surface area contributed by atoms with Crippen LogP contribution in [0.15, 0.2) is 42.5 Å². The largest absolute Gasteiger partial charge is 0.449 e. The van der Waals surface area contributed by atoms with E-state index in [4.69, 9.17) is 11.6 Å². The molecule has 2 aromatic carbocycles. The number of fused-ring (bicyclic) bond motifs is 1. The lowest BCUT2D eigenvalue weighted by atomic mass is 10.1. The number of benzene rings is 2. The number of H-pyrrole nitrogens is 1. The third kappa shape index (κ3) is 5.63. The number of aromatic nitrogens is 2. The van der Waals surface area contributed by atoms with Crippen molar-refractivity contribution in [1.82, 2.24) is 19.8 Å². The van der Waals surface area contributed by atoms with E-state index in [1.807, 2.05) is 23.1 Å². The smallest absolute Gasteiger partial charge is 0.340 e. The Hall–Kier alpha value is -3.11. The van der Waals surface area contributed by atoms with Crippen LogP contribution in [0.3, 0.4) is 0 Å². The molecule has 0 saturated carbocycles. The van der Waals surface area contributed by atoms with Crippen molar-refractivity contribution in [3.8, 4) is 0 Å². The van der Waals surface area contributed by atoms with Crippen LogP contribution >= 0.6 is 11.6 Å². The Morgan fingerprint density at radius 1 is 1.09 bits per heavy atom. The number of piperazine rings is 1. The van der Waals surface area contributed by atoms with E-state index in [0.717, 1.165) is 5.56 Å². The number of hydrogen-bond acceptors (Lipinski definition) is 4. The minimum absolute atomic E-state index is 0.0155. The third-order valence-electron chi connectivity index (χ3n) is 5.43. The zero-order valence-electron chi connectivity index (χ0n) is 17.5. The summed E-state index contributed by atoms with van der Waals surface area (Å²) >= 11 is 6.13. The molecular weight excluding hydrogens is 459 g/mol. The predicted molar refractivity (Wildman–Crippen MR) is 118 cm³/mol. The molecule has 0 atom stereocenters. The van der Waals surface area contributed by atoms with Gasteiger partial charge in [-0.1, -0.05) is 29.8 Å². The summed E-state index contributed by atoms with van der Waals surface area (Å²) in [7, 11) is 0. The highest BCUT2D eigenvalue weighted by Crippen LogP contribution is 2.29. The van der Waals surface area contributed by atoms with E-state index in [9.17, 15) is 22.8 Å². The summed E-state index contributed by atoms with van der Waals surface area (Å²) in [6.07, 6.45) is -4.34. The predicted octanol–water partition coefficient (Wildman–Crippen LogP) is 3.56. The Bertz CT molecular complexity index is 1170. The molecule has 174 valence electrons. The van der Waals surface area contributed by atoms with Crippen LogP contribution in [0.1, 0.15) is 11.4 Å². The van der Waals surface area contributed by atoms with Crippen LogP contribution in [0.2, 0.25) is 5.02 Å². The normalized spacial score (nSPS) is 15.1.